The van der Waals surface area contributed by atoms with E-state index in [-0.39, 0.29) is 173 Å². The van der Waals surface area contributed by atoms with Gasteiger partial charge in [0.15, 0.2) is 29.1 Å². The Hall–Kier alpha value is -11.8. The molecule has 4 radical (unpaired) electrons. The van der Waals surface area contributed by atoms with Gasteiger partial charge >= 0.3 is 18.4 Å². The zero-order chi connectivity index (χ0) is 94.9. The number of hydrogen-bond acceptors (Lipinski definition) is 19. The third-order valence-electron chi connectivity index (χ3n) is 21.4. The number of aromatic nitrogens is 6. The molecule has 12 aromatic rings. The molecule has 8 N–H and O–H groups in total. The van der Waals surface area contributed by atoms with Crippen LogP contribution in [0.4, 0.5) is 99.7 Å². The van der Waals surface area contributed by atoms with Gasteiger partial charge in [-0.25, -0.2) is 81.8 Å². The van der Waals surface area contributed by atoms with Crippen LogP contribution in [-0.4, -0.2) is 117 Å². The molecule has 2 fully saturated rings. The number of carbonyl (C=O) groups is 2. The van der Waals surface area contributed by atoms with Crippen LogP contribution in [0.2, 0.25) is 0 Å². The number of ether oxygens (including phenoxy) is 1. The molecule has 5 heterocycles. The summed E-state index contributed by atoms with van der Waals surface area (Å²) in [6.07, 6.45) is 2.64. The molecule has 15 rings (SSSR count). The molecule has 0 saturated carbocycles. The van der Waals surface area contributed by atoms with Crippen LogP contribution in [0, 0.1) is 64.3 Å². The van der Waals surface area contributed by atoms with Crippen molar-refractivity contribution >= 4 is 66.2 Å². The van der Waals surface area contributed by atoms with Gasteiger partial charge in [0.25, 0.3) is 5.95 Å². The van der Waals surface area contributed by atoms with Gasteiger partial charge < -0.3 is 66.4 Å². The quantitative estimate of drug-likeness (QED) is 0.0151. The fraction of sp³-hybridized carbons (Fsp3) is 0.250. The molecule has 21 nitrogen and oxygen atoms in total. The minimum absolute atomic E-state index is 0. The number of nitrogens with two attached hydrogens (primary N) is 2. The van der Waals surface area contributed by atoms with E-state index < -0.39 is 118 Å². The van der Waals surface area contributed by atoms with Crippen molar-refractivity contribution < 1.29 is 181 Å². The van der Waals surface area contributed by atoms with E-state index in [1.54, 1.807) is 59.2 Å². The molecule has 0 spiro atoms. The third-order valence-corrected chi connectivity index (χ3v) is 21.4. The van der Waals surface area contributed by atoms with Crippen LogP contribution in [0.3, 0.4) is 0 Å². The number of primary amides is 1. The summed E-state index contributed by atoms with van der Waals surface area (Å²) in [6.45, 7) is 4.96. The minimum atomic E-state index is -4.45. The van der Waals surface area contributed by atoms with E-state index in [0.29, 0.717) is 60.2 Å². The molecule has 0 bridgehead atoms. The summed E-state index contributed by atoms with van der Waals surface area (Å²) < 4.78 is 205. The van der Waals surface area contributed by atoms with Gasteiger partial charge in [-0.2, -0.15) is 43.9 Å². The molecule has 3 aromatic heterocycles. The molecule has 136 heavy (non-hydrogen) atoms. The number of rotatable bonds is 28. The predicted molar refractivity (Wildman–Crippen MR) is 461 cm³/mol. The van der Waals surface area contributed by atoms with Gasteiger partial charge in [0, 0.05) is 107 Å². The largest absolute Gasteiger partial charge is 0.540 e. The predicted octanol–water partition coefficient (Wildman–Crippen LogP) is 17.6. The number of amides is 2. The molecule has 2 saturated heterocycles. The van der Waals surface area contributed by atoms with Crippen LogP contribution < -0.4 is 42.5 Å². The van der Waals surface area contributed by atoms with Gasteiger partial charge in [-0.05, 0) is 196 Å². The van der Waals surface area contributed by atoms with Gasteiger partial charge in [-0.1, -0.05) is 171 Å². The maximum Gasteiger partial charge on any atom is 0.416 e. The van der Waals surface area contributed by atoms with Crippen LogP contribution in [0.25, 0.3) is 11.1 Å². The number of nitrogens with one attached hydrogen (secondary N) is 4. The number of halogens is 15. The molecular weight excluding hydrogens is 2490 g/mol. The van der Waals surface area contributed by atoms with E-state index in [2.05, 4.69) is 63.3 Å². The Morgan fingerprint density at radius 1 is 0.419 bits per heavy atom. The third kappa shape index (κ3) is 31.4. The molecule has 9 atom stereocenters. The average molecular weight is 2570 g/mol. The number of fused-ring (bicyclic) bond motifs is 3. The first-order valence-corrected chi connectivity index (χ1v) is 40.9. The number of anilines is 5. The second kappa shape index (κ2) is 52.5. The van der Waals surface area contributed by atoms with Crippen molar-refractivity contribution in [3.8, 4) is 11.1 Å². The zero-order valence-corrected chi connectivity index (χ0v) is 82.5. The van der Waals surface area contributed by atoms with Crippen LogP contribution >= 0.6 is 0 Å². The molecular formula is C96H83F15N14O7Re4-4. The number of hydrogen-bond donors (Lipinski definition) is 6. The van der Waals surface area contributed by atoms with E-state index in [1.165, 1.54) is 121 Å². The Kier molecular flexibility index (Phi) is 42.9. The summed E-state index contributed by atoms with van der Waals surface area (Å²) in [5.41, 5.74) is 18.5. The number of benzene rings is 9. The summed E-state index contributed by atoms with van der Waals surface area (Å²) in [7, 11) is 0. The van der Waals surface area contributed by atoms with Gasteiger partial charge in [0.1, 0.15) is 60.7 Å². The van der Waals surface area contributed by atoms with Crippen LogP contribution in [0.1, 0.15) is 106 Å². The first kappa shape index (κ1) is 111. The number of alkyl carbamates (subject to hydrolysis) is 1. The molecule has 716 valence electrons. The Bertz CT molecular complexity index is 5850. The van der Waals surface area contributed by atoms with Crippen LogP contribution in [-0.2, 0) is 155 Å². The molecule has 3 aliphatic rings. The van der Waals surface area contributed by atoms with E-state index in [1.807, 2.05) is 50.2 Å². The second-order valence-electron chi connectivity index (χ2n) is 31.1. The smallest absolute Gasteiger partial charge is 0.416 e. The fourth-order valence-electron chi connectivity index (χ4n) is 15.0. The number of carbonyl (C=O) groups excluding carboxylic acids is 6. The van der Waals surface area contributed by atoms with Crippen LogP contribution in [0.15, 0.2) is 237 Å². The summed E-state index contributed by atoms with van der Waals surface area (Å²) in [5.74, 6) is -7.52. The van der Waals surface area contributed by atoms with Crippen molar-refractivity contribution in [2.24, 2.45) is 23.3 Å². The molecule has 2 amide bonds. The molecule has 9 aromatic carbocycles. The van der Waals surface area contributed by atoms with Gasteiger partial charge in [-0.15, -0.1) is 0 Å². The van der Waals surface area contributed by atoms with E-state index in [0.717, 1.165) is 76.6 Å². The maximum absolute atomic E-state index is 15.6. The number of nitrogens with zero attached hydrogens (tertiary/aromatic N) is 8. The van der Waals surface area contributed by atoms with Crippen molar-refractivity contribution in [3.63, 3.8) is 0 Å². The fourth-order valence-corrected chi connectivity index (χ4v) is 15.0. The van der Waals surface area contributed by atoms with Crippen molar-refractivity contribution in [1.82, 2.24) is 35.2 Å². The summed E-state index contributed by atoms with van der Waals surface area (Å²) >= 11 is 0. The zero-order valence-electron chi connectivity index (χ0n) is 71.6. The Morgan fingerprint density at radius 3 is 1.10 bits per heavy atom. The minimum Gasteiger partial charge on any atom is -0.540 e. The van der Waals surface area contributed by atoms with E-state index in [9.17, 15) is 85.8 Å². The second-order valence-corrected chi connectivity index (χ2v) is 31.1. The number of alkyl halides is 6. The molecule has 1 aliphatic carbocycles. The normalized spacial score (nSPS) is 15.5. The Morgan fingerprint density at radius 2 is 0.750 bits per heavy atom. The summed E-state index contributed by atoms with van der Waals surface area (Å²) in [4.78, 5) is 93.9. The van der Waals surface area contributed by atoms with E-state index in [4.69, 9.17) is 16.2 Å². The SMILES string of the molecule is CC1CC(c2ccc(C(F)(F)F)cc2)N(c2ncnc(N[C@@H]([C-]=O)Cc3ccc(F)cc3)c2F)C1.CC1CC(c2ccc(C(F)(F)F)cc2)N(c2ncnc(N[C@H](Cc3ccc(F)cc3)C(N)=O)c2F)C1.N[C@@H]([C-]=O)Cc1ccc(F)cc1.O=[C-][C@@H](Cc1ccc(F)cc1)NC(=O)OCC1c2ccccc2-c2ccccc21.O=[C-][C@@H](Cc1ccc(F)cc1)Nc1ncnc(F)c1F.[Re].[Re].[Re].[Re]. The molecule has 4 unspecified atom stereocenters. The van der Waals surface area contributed by atoms with Crippen molar-refractivity contribution in [2.75, 3.05) is 45.4 Å². The van der Waals surface area contributed by atoms with Gasteiger partial charge in [0.05, 0.1) is 23.2 Å². The van der Waals surface area contributed by atoms with Crippen molar-refractivity contribution in [3.05, 3.63) is 351 Å². The topological polar surface area (TPSA) is 296 Å². The summed E-state index contributed by atoms with van der Waals surface area (Å²) in [5, 5.41) is 10.4. The first-order valence-electron chi connectivity index (χ1n) is 40.9. The Balaban J connectivity index is 0.000000238. The van der Waals surface area contributed by atoms with Crippen molar-refractivity contribution in [2.45, 2.75) is 119 Å². The monoisotopic (exact) mass is 2580 g/mol. The maximum atomic E-state index is 15.6. The van der Waals surface area contributed by atoms with Crippen molar-refractivity contribution in [1.29, 1.82) is 0 Å². The van der Waals surface area contributed by atoms with Crippen LogP contribution in [0.5, 0.6) is 0 Å². The Labute approximate surface area is 826 Å². The standard InChI is InChI=1S/C25H24F5N5O.C25H22F5N4O.C24H19FNO3.C13H9F3N3O.C9H9FNO.4Re/c1-14-10-20(16-4-6-17(7-5-16)25(28,29)30)35(12-14)24-21(27)23(32-13-33-24)34-19(22(31)36)11-15-2-8-18(26)9-3-15;1-15-10-21(17-4-6-18(7-5-17)25(28,29)30)34(12-15)24-22(27)23(31-14-32-24)33-20(13-35)11-16-2-8-19(26)9-3-16;25-17-11-9-16(10-12-17)13-18(14-27)26-24(28)29-15-23-21-7-3-1-5-19(21)20-6-2-4-8-22(20)23;14-9-3-1-8(2-4-9)5-10(6-20)19-13-11(15)12(16)17-7-18-13;10-8-3-1-7(2-4-8)5-9(11)6-12;;;;/h2-9,13-14,19-20H,10-12H2,1H3,(H2,31,36)(H,32,33,34);2-9,14-15,20-21H,10-12H2,1H3,(H,31,32,33);1-12,18,23H,13,15H2,(H,26,28);1-4,7,10H,5H2,(H,17,18,19);1-4,9H,5,11H2;;;;/q;4*-1;;;;/t14?,19-,20?;15?,20-,21?;18-;10-;9-;;;;/m11111..../s1. The average Bonchev–Trinajstić information content (AvgIpc) is 1.55. The summed E-state index contributed by atoms with van der Waals surface area (Å²) in [6, 6.07) is 48.7. The van der Waals surface area contributed by atoms with Gasteiger partial charge in [0.2, 0.25) is 23.4 Å². The molecule has 40 heteroatoms. The first-order chi connectivity index (χ1) is 63.1. The van der Waals surface area contributed by atoms with Gasteiger partial charge in [-0.3, -0.25) is 4.79 Å². The van der Waals surface area contributed by atoms with E-state index >= 15 is 8.78 Å². The molecule has 2 aliphatic heterocycles.